The third kappa shape index (κ3) is 4.19. The predicted molar refractivity (Wildman–Crippen MR) is 116 cm³/mol. The zero-order valence-electron chi connectivity index (χ0n) is 17.4. The molecule has 0 amide bonds. The van der Waals surface area contributed by atoms with Gasteiger partial charge in [0.25, 0.3) is 0 Å². The molecule has 0 saturated carbocycles. The number of rotatable bonds is 6. The zero-order valence-corrected chi connectivity index (χ0v) is 17.4. The summed E-state index contributed by atoms with van der Waals surface area (Å²) < 4.78 is 6.20. The van der Waals surface area contributed by atoms with Gasteiger partial charge in [-0.1, -0.05) is 12.5 Å². The second-order valence-electron chi connectivity index (χ2n) is 8.88. The van der Waals surface area contributed by atoms with E-state index in [1.54, 1.807) is 0 Å². The van der Waals surface area contributed by atoms with Crippen LogP contribution in [-0.4, -0.2) is 54.1 Å². The van der Waals surface area contributed by atoms with Gasteiger partial charge in [0.05, 0.1) is 6.61 Å². The number of aromatic nitrogens is 1. The number of hydrogen-bond acceptors (Lipinski definition) is 4. The largest absolute Gasteiger partial charge is 0.494 e. The lowest BCUT2D eigenvalue weighted by Crippen LogP contribution is -2.34. The van der Waals surface area contributed by atoms with Crippen molar-refractivity contribution >= 4 is 0 Å². The van der Waals surface area contributed by atoms with Crippen molar-refractivity contribution in [3.8, 4) is 5.75 Å². The van der Waals surface area contributed by atoms with Gasteiger partial charge in [0.2, 0.25) is 0 Å². The highest BCUT2D eigenvalue weighted by Crippen LogP contribution is 2.45. The first-order valence-corrected chi connectivity index (χ1v) is 11.5. The minimum atomic E-state index is 0.440. The Morgan fingerprint density at radius 3 is 2.66 bits per heavy atom. The molecule has 0 radical (unpaired) electrons. The maximum absolute atomic E-state index is 6.20. The Hall–Kier alpha value is -1.91. The van der Waals surface area contributed by atoms with Crippen LogP contribution in [-0.2, 0) is 0 Å². The smallest absolute Gasteiger partial charge is 0.119 e. The van der Waals surface area contributed by atoms with Gasteiger partial charge in [-0.3, -0.25) is 9.88 Å². The van der Waals surface area contributed by atoms with Crippen molar-refractivity contribution in [1.29, 1.82) is 0 Å². The summed E-state index contributed by atoms with van der Waals surface area (Å²) >= 11 is 0. The van der Waals surface area contributed by atoms with E-state index in [-0.39, 0.29) is 0 Å². The number of ether oxygens (including phenoxy) is 1. The fraction of sp³-hybridized carbons (Fsp3) is 0.560. The van der Waals surface area contributed by atoms with Crippen molar-refractivity contribution in [2.24, 2.45) is 0 Å². The molecule has 3 aliphatic heterocycles. The van der Waals surface area contributed by atoms with Crippen LogP contribution in [0.3, 0.4) is 0 Å². The third-order valence-electron chi connectivity index (χ3n) is 7.02. The molecule has 4 heteroatoms. The molecular formula is C25H33N3O. The van der Waals surface area contributed by atoms with Gasteiger partial charge in [0.15, 0.2) is 0 Å². The van der Waals surface area contributed by atoms with Gasteiger partial charge in [-0.15, -0.1) is 0 Å². The van der Waals surface area contributed by atoms with E-state index in [2.05, 4.69) is 45.1 Å². The van der Waals surface area contributed by atoms with Crippen LogP contribution in [0.2, 0.25) is 0 Å². The molecular weight excluding hydrogens is 358 g/mol. The number of benzene rings is 1. The molecule has 0 bridgehead atoms. The van der Waals surface area contributed by atoms with Gasteiger partial charge in [0, 0.05) is 37.4 Å². The van der Waals surface area contributed by atoms with Gasteiger partial charge in [-0.05, 0) is 92.7 Å². The maximum atomic E-state index is 6.20. The van der Waals surface area contributed by atoms with Crippen molar-refractivity contribution in [3.63, 3.8) is 0 Å². The van der Waals surface area contributed by atoms with E-state index < -0.39 is 0 Å². The standard InChI is InChI=1S/C25H33N3O/c1-2-13-27(14-3-1)15-5-17-29-21-7-8-22-23(18-21)25-6-4-16-28(25)19-24(22)20-9-11-26-12-10-20/h7-12,18,24-25H,1-6,13-17,19H2. The Kier molecular flexibility index (Phi) is 5.82. The number of likely N-dealkylation sites (tertiary alicyclic amines) is 1. The Bertz CT molecular complexity index is 803. The molecule has 4 nitrogen and oxygen atoms in total. The Labute approximate surface area is 174 Å². The molecule has 0 N–H and O–H groups in total. The second-order valence-corrected chi connectivity index (χ2v) is 8.88. The van der Waals surface area contributed by atoms with Crippen molar-refractivity contribution in [1.82, 2.24) is 14.8 Å². The molecule has 1 aromatic heterocycles. The van der Waals surface area contributed by atoms with E-state index in [0.717, 1.165) is 25.3 Å². The van der Waals surface area contributed by atoms with Crippen LogP contribution in [0.15, 0.2) is 42.7 Å². The number of fused-ring (bicyclic) bond motifs is 3. The molecule has 4 heterocycles. The van der Waals surface area contributed by atoms with Gasteiger partial charge in [0.1, 0.15) is 5.75 Å². The van der Waals surface area contributed by atoms with Crippen LogP contribution in [0.5, 0.6) is 5.75 Å². The molecule has 2 aromatic rings. The highest BCUT2D eigenvalue weighted by Gasteiger charge is 2.36. The number of piperidine rings is 1. The van der Waals surface area contributed by atoms with Gasteiger partial charge < -0.3 is 9.64 Å². The summed E-state index contributed by atoms with van der Waals surface area (Å²) in [6, 6.07) is 11.8. The first-order valence-electron chi connectivity index (χ1n) is 11.5. The summed E-state index contributed by atoms with van der Waals surface area (Å²) in [6.07, 6.45) is 11.7. The predicted octanol–water partition coefficient (Wildman–Crippen LogP) is 4.62. The van der Waals surface area contributed by atoms with E-state index in [9.17, 15) is 0 Å². The lowest BCUT2D eigenvalue weighted by atomic mass is 9.82. The average molecular weight is 392 g/mol. The van der Waals surface area contributed by atoms with Gasteiger partial charge in [-0.2, -0.15) is 0 Å². The van der Waals surface area contributed by atoms with Crippen LogP contribution in [0.4, 0.5) is 0 Å². The summed E-state index contributed by atoms with van der Waals surface area (Å²) in [5.74, 6) is 1.49. The lowest BCUT2D eigenvalue weighted by Gasteiger charge is -2.37. The molecule has 2 atom stereocenters. The Balaban J connectivity index is 1.29. The van der Waals surface area contributed by atoms with Crippen molar-refractivity contribution in [2.75, 3.05) is 39.3 Å². The molecule has 29 heavy (non-hydrogen) atoms. The molecule has 1 aromatic carbocycles. The minimum absolute atomic E-state index is 0.440. The Morgan fingerprint density at radius 1 is 0.931 bits per heavy atom. The third-order valence-corrected chi connectivity index (χ3v) is 7.02. The second kappa shape index (κ2) is 8.85. The highest BCUT2D eigenvalue weighted by atomic mass is 16.5. The molecule has 2 fully saturated rings. The molecule has 3 aliphatic rings. The topological polar surface area (TPSA) is 28.6 Å². The minimum Gasteiger partial charge on any atom is -0.494 e. The molecule has 0 spiro atoms. The highest BCUT2D eigenvalue weighted by molar-refractivity contribution is 5.46. The van der Waals surface area contributed by atoms with Crippen molar-refractivity contribution in [2.45, 2.75) is 50.5 Å². The first kappa shape index (κ1) is 19.1. The summed E-state index contributed by atoms with van der Waals surface area (Å²) in [5, 5.41) is 0. The van der Waals surface area contributed by atoms with E-state index in [1.165, 1.54) is 75.0 Å². The SMILES string of the molecule is c1cc(C2CN3CCCC3c3cc(OCCCN4CCCCC4)ccc32)ccn1. The average Bonchev–Trinajstić information content (AvgIpc) is 3.26. The van der Waals surface area contributed by atoms with Crippen molar-refractivity contribution in [3.05, 3.63) is 59.4 Å². The summed E-state index contributed by atoms with van der Waals surface area (Å²) in [7, 11) is 0. The molecule has 0 aliphatic carbocycles. The summed E-state index contributed by atoms with van der Waals surface area (Å²) in [4.78, 5) is 9.48. The van der Waals surface area contributed by atoms with Gasteiger partial charge >= 0.3 is 0 Å². The van der Waals surface area contributed by atoms with Crippen LogP contribution in [0.1, 0.15) is 67.2 Å². The quantitative estimate of drug-likeness (QED) is 0.672. The maximum Gasteiger partial charge on any atom is 0.119 e. The van der Waals surface area contributed by atoms with Crippen molar-refractivity contribution < 1.29 is 4.74 Å². The fourth-order valence-corrected chi connectivity index (χ4v) is 5.52. The lowest BCUT2D eigenvalue weighted by molar-refractivity contribution is 0.204. The molecule has 5 rings (SSSR count). The van der Waals surface area contributed by atoms with Crippen LogP contribution in [0.25, 0.3) is 0 Å². The van der Waals surface area contributed by atoms with E-state index >= 15 is 0 Å². The van der Waals surface area contributed by atoms with E-state index in [1.807, 2.05) is 12.4 Å². The van der Waals surface area contributed by atoms with E-state index in [4.69, 9.17) is 4.74 Å². The van der Waals surface area contributed by atoms with E-state index in [0.29, 0.717) is 12.0 Å². The number of pyridine rings is 1. The molecule has 2 unspecified atom stereocenters. The van der Waals surface area contributed by atoms with Gasteiger partial charge in [-0.25, -0.2) is 0 Å². The van der Waals surface area contributed by atoms with Crippen LogP contribution >= 0.6 is 0 Å². The number of hydrogen-bond donors (Lipinski definition) is 0. The normalized spacial score (nSPS) is 24.8. The number of nitrogens with zero attached hydrogens (tertiary/aromatic N) is 3. The Morgan fingerprint density at radius 2 is 1.79 bits per heavy atom. The van der Waals surface area contributed by atoms with Crippen LogP contribution < -0.4 is 4.74 Å². The molecule has 154 valence electrons. The zero-order chi connectivity index (χ0) is 19.5. The monoisotopic (exact) mass is 391 g/mol. The summed E-state index contributed by atoms with van der Waals surface area (Å²) in [6.45, 7) is 6.87. The van der Waals surface area contributed by atoms with Crippen LogP contribution in [0, 0.1) is 0 Å². The first-order chi connectivity index (χ1) is 14.4. The molecule has 2 saturated heterocycles. The summed E-state index contributed by atoms with van der Waals surface area (Å²) in [5.41, 5.74) is 4.35. The fourth-order valence-electron chi connectivity index (χ4n) is 5.52.